The lowest BCUT2D eigenvalue weighted by Crippen LogP contribution is -2.34. The first-order valence-corrected chi connectivity index (χ1v) is 10.0. The minimum absolute atomic E-state index is 0.191. The molecule has 4 rings (SSSR count). The van der Waals surface area contributed by atoms with E-state index in [9.17, 15) is 4.79 Å². The van der Waals surface area contributed by atoms with Gasteiger partial charge in [-0.1, -0.05) is 17.7 Å². The Morgan fingerprint density at radius 3 is 2.53 bits per heavy atom. The number of fused-ring (bicyclic) bond motifs is 1. The van der Waals surface area contributed by atoms with Crippen LogP contribution in [0.1, 0.15) is 21.5 Å². The first-order valence-electron chi connectivity index (χ1n) is 9.25. The van der Waals surface area contributed by atoms with Crippen LogP contribution in [-0.4, -0.2) is 16.0 Å². The number of nitrogens with zero attached hydrogens (tertiary/aromatic N) is 1. The lowest BCUT2D eigenvalue weighted by atomic mass is 10.1. The van der Waals surface area contributed by atoms with E-state index >= 15 is 0 Å². The van der Waals surface area contributed by atoms with Crippen LogP contribution < -0.4 is 10.6 Å². The van der Waals surface area contributed by atoms with E-state index in [2.05, 4.69) is 15.6 Å². The molecule has 150 valence electrons. The summed E-state index contributed by atoms with van der Waals surface area (Å²) >= 11 is 11.1. The largest absolute Gasteiger partial charge is 0.436 e. The van der Waals surface area contributed by atoms with E-state index in [-0.39, 0.29) is 11.0 Å². The Balaban J connectivity index is 1.50. The molecule has 1 amide bonds. The van der Waals surface area contributed by atoms with Gasteiger partial charge >= 0.3 is 0 Å². The molecule has 30 heavy (non-hydrogen) atoms. The predicted molar refractivity (Wildman–Crippen MR) is 124 cm³/mol. The minimum Gasteiger partial charge on any atom is -0.436 e. The fourth-order valence-electron chi connectivity index (χ4n) is 2.97. The van der Waals surface area contributed by atoms with Crippen molar-refractivity contribution in [1.82, 2.24) is 10.3 Å². The highest BCUT2D eigenvalue weighted by Crippen LogP contribution is 2.27. The Bertz CT molecular complexity index is 1230. The number of benzene rings is 3. The molecule has 2 N–H and O–H groups in total. The SMILES string of the molecule is Cc1cc2nc(-c3cccc(NC(=S)NC(=O)c4ccc(Cl)cc4)c3)oc2cc1C. The summed E-state index contributed by atoms with van der Waals surface area (Å²) in [4.78, 5) is 16.9. The summed E-state index contributed by atoms with van der Waals surface area (Å²) in [6.45, 7) is 4.09. The molecule has 1 heterocycles. The number of rotatable bonds is 3. The van der Waals surface area contributed by atoms with Crippen LogP contribution in [0.2, 0.25) is 5.02 Å². The van der Waals surface area contributed by atoms with E-state index in [4.69, 9.17) is 28.2 Å². The molecule has 0 aliphatic carbocycles. The zero-order chi connectivity index (χ0) is 21.3. The van der Waals surface area contributed by atoms with Crippen molar-refractivity contribution in [3.8, 4) is 11.5 Å². The van der Waals surface area contributed by atoms with E-state index in [1.54, 1.807) is 24.3 Å². The van der Waals surface area contributed by atoms with Crippen LogP contribution in [0.5, 0.6) is 0 Å². The van der Waals surface area contributed by atoms with Crippen molar-refractivity contribution in [2.75, 3.05) is 5.32 Å². The van der Waals surface area contributed by atoms with Gasteiger partial charge in [0.1, 0.15) is 5.52 Å². The molecule has 0 atom stereocenters. The quantitative estimate of drug-likeness (QED) is 0.392. The van der Waals surface area contributed by atoms with Crippen LogP contribution in [-0.2, 0) is 0 Å². The number of aromatic nitrogens is 1. The van der Waals surface area contributed by atoms with Gasteiger partial charge in [0, 0.05) is 21.8 Å². The van der Waals surface area contributed by atoms with Gasteiger partial charge in [0.05, 0.1) is 0 Å². The van der Waals surface area contributed by atoms with E-state index < -0.39 is 0 Å². The second-order valence-electron chi connectivity index (χ2n) is 6.92. The van der Waals surface area contributed by atoms with Crippen molar-refractivity contribution >= 4 is 51.6 Å². The number of anilines is 1. The maximum absolute atomic E-state index is 12.3. The third-order valence-corrected chi connectivity index (χ3v) is 5.16. The number of oxazole rings is 1. The molecule has 0 spiro atoms. The zero-order valence-electron chi connectivity index (χ0n) is 16.3. The fraction of sp³-hybridized carbons (Fsp3) is 0.0870. The summed E-state index contributed by atoms with van der Waals surface area (Å²) in [5.41, 5.74) is 5.87. The van der Waals surface area contributed by atoms with Gasteiger partial charge in [-0.05, 0) is 91.8 Å². The molecule has 5 nitrogen and oxygen atoms in total. The van der Waals surface area contributed by atoms with Crippen molar-refractivity contribution in [1.29, 1.82) is 0 Å². The van der Waals surface area contributed by atoms with Gasteiger partial charge in [0.15, 0.2) is 10.7 Å². The first-order chi connectivity index (χ1) is 14.4. The number of carbonyl (C=O) groups is 1. The predicted octanol–water partition coefficient (Wildman–Crippen LogP) is 5.89. The highest BCUT2D eigenvalue weighted by molar-refractivity contribution is 7.80. The Morgan fingerprint density at radius 1 is 1.03 bits per heavy atom. The van der Waals surface area contributed by atoms with Crippen molar-refractivity contribution in [3.05, 3.63) is 82.4 Å². The number of halogens is 1. The molecule has 0 bridgehead atoms. The van der Waals surface area contributed by atoms with E-state index in [1.807, 2.05) is 50.2 Å². The number of thiocarbonyl (C=S) groups is 1. The Kier molecular flexibility index (Phi) is 5.53. The molecule has 0 aliphatic heterocycles. The second kappa shape index (κ2) is 8.26. The van der Waals surface area contributed by atoms with Crippen LogP contribution >= 0.6 is 23.8 Å². The molecular weight excluding hydrogens is 418 g/mol. The van der Waals surface area contributed by atoms with Crippen molar-refractivity contribution in [3.63, 3.8) is 0 Å². The lowest BCUT2D eigenvalue weighted by molar-refractivity contribution is 0.0977. The van der Waals surface area contributed by atoms with Crippen LogP contribution in [0.15, 0.2) is 65.1 Å². The molecule has 4 aromatic rings. The first kappa shape index (κ1) is 20.1. The van der Waals surface area contributed by atoms with Gasteiger partial charge in [-0.3, -0.25) is 10.1 Å². The molecule has 0 saturated heterocycles. The average molecular weight is 436 g/mol. The normalized spacial score (nSPS) is 10.8. The highest BCUT2D eigenvalue weighted by atomic mass is 35.5. The minimum atomic E-state index is -0.315. The summed E-state index contributed by atoms with van der Waals surface area (Å²) < 4.78 is 5.93. The Hall–Kier alpha value is -3.22. The zero-order valence-corrected chi connectivity index (χ0v) is 17.9. The van der Waals surface area contributed by atoms with Crippen molar-refractivity contribution in [2.45, 2.75) is 13.8 Å². The highest BCUT2D eigenvalue weighted by Gasteiger charge is 2.12. The van der Waals surface area contributed by atoms with Crippen LogP contribution in [0.25, 0.3) is 22.6 Å². The van der Waals surface area contributed by atoms with Crippen molar-refractivity contribution in [2.24, 2.45) is 0 Å². The van der Waals surface area contributed by atoms with E-state index in [0.717, 1.165) is 22.2 Å². The monoisotopic (exact) mass is 435 g/mol. The Labute approximate surface area is 184 Å². The topological polar surface area (TPSA) is 67.2 Å². The van der Waals surface area contributed by atoms with Gasteiger partial charge in [-0.2, -0.15) is 0 Å². The molecule has 0 unspecified atom stereocenters. The van der Waals surface area contributed by atoms with Gasteiger partial charge in [0.25, 0.3) is 5.91 Å². The number of amides is 1. The molecule has 0 saturated carbocycles. The summed E-state index contributed by atoms with van der Waals surface area (Å²) in [6.07, 6.45) is 0. The smallest absolute Gasteiger partial charge is 0.257 e. The fourth-order valence-corrected chi connectivity index (χ4v) is 3.31. The molecule has 0 fully saturated rings. The molecule has 1 aromatic heterocycles. The number of aryl methyl sites for hydroxylation is 2. The van der Waals surface area contributed by atoms with Crippen LogP contribution in [0.3, 0.4) is 0 Å². The lowest BCUT2D eigenvalue weighted by Gasteiger charge is -2.10. The summed E-state index contributed by atoms with van der Waals surface area (Å²) in [5, 5.41) is 6.43. The summed E-state index contributed by atoms with van der Waals surface area (Å²) in [7, 11) is 0. The van der Waals surface area contributed by atoms with Gasteiger partial charge in [-0.15, -0.1) is 0 Å². The van der Waals surface area contributed by atoms with Gasteiger partial charge in [0.2, 0.25) is 5.89 Å². The molecule has 0 radical (unpaired) electrons. The molecule has 7 heteroatoms. The molecule has 0 aliphatic rings. The van der Waals surface area contributed by atoms with Crippen LogP contribution in [0.4, 0.5) is 5.69 Å². The van der Waals surface area contributed by atoms with E-state index in [1.165, 1.54) is 5.56 Å². The average Bonchev–Trinajstić information content (AvgIpc) is 3.11. The third kappa shape index (κ3) is 4.35. The Morgan fingerprint density at radius 2 is 1.77 bits per heavy atom. The van der Waals surface area contributed by atoms with Gasteiger partial charge < -0.3 is 9.73 Å². The van der Waals surface area contributed by atoms with Crippen molar-refractivity contribution < 1.29 is 9.21 Å². The molecule has 3 aromatic carbocycles. The maximum atomic E-state index is 12.3. The third-order valence-electron chi connectivity index (χ3n) is 4.70. The van der Waals surface area contributed by atoms with Gasteiger partial charge in [-0.25, -0.2) is 4.98 Å². The molecular formula is C23H18ClN3O2S. The number of carbonyl (C=O) groups excluding carboxylic acids is 1. The maximum Gasteiger partial charge on any atom is 0.257 e. The number of hydrogen-bond acceptors (Lipinski definition) is 4. The number of hydrogen-bond donors (Lipinski definition) is 2. The summed E-state index contributed by atoms with van der Waals surface area (Å²) in [5.74, 6) is 0.208. The number of nitrogens with one attached hydrogen (secondary N) is 2. The second-order valence-corrected chi connectivity index (χ2v) is 7.76. The van der Waals surface area contributed by atoms with E-state index in [0.29, 0.717) is 22.2 Å². The van der Waals surface area contributed by atoms with Crippen LogP contribution in [0, 0.1) is 13.8 Å². The standard InChI is InChI=1S/C23H18ClN3O2S/c1-13-10-19-20(11-14(13)2)29-22(26-19)16-4-3-5-18(12-16)25-23(30)27-21(28)15-6-8-17(24)9-7-15/h3-12H,1-2H3,(H2,25,27,28,30). The summed E-state index contributed by atoms with van der Waals surface area (Å²) in [6, 6.07) is 18.1.